The van der Waals surface area contributed by atoms with E-state index in [1.165, 1.54) is 52.8 Å². The zero-order chi connectivity index (χ0) is 16.7. The summed E-state index contributed by atoms with van der Waals surface area (Å²) in [6.07, 6.45) is 5.18. The van der Waals surface area contributed by atoms with E-state index in [1.807, 2.05) is 0 Å². The van der Waals surface area contributed by atoms with Crippen molar-refractivity contribution in [2.24, 2.45) is 0 Å². The lowest BCUT2D eigenvalue weighted by Crippen LogP contribution is -2.25. The predicted molar refractivity (Wildman–Crippen MR) is 105 cm³/mol. The molecule has 124 valence electrons. The average Bonchev–Trinajstić information content (AvgIpc) is 2.61. The third-order valence-corrected chi connectivity index (χ3v) is 5.73. The van der Waals surface area contributed by atoms with E-state index in [-0.39, 0.29) is 0 Å². The molecule has 0 radical (unpaired) electrons. The van der Waals surface area contributed by atoms with E-state index in [4.69, 9.17) is 0 Å². The molecule has 1 aliphatic carbocycles. The van der Waals surface area contributed by atoms with E-state index in [2.05, 4.69) is 68.3 Å². The summed E-state index contributed by atoms with van der Waals surface area (Å²) in [6, 6.07) is 16.9. The van der Waals surface area contributed by atoms with Gasteiger partial charge < -0.3 is 0 Å². The van der Waals surface area contributed by atoms with Crippen molar-refractivity contribution in [3.63, 3.8) is 0 Å². The quantitative estimate of drug-likeness (QED) is 0.559. The highest BCUT2D eigenvalue weighted by atomic mass is 15.1. The number of benzene rings is 3. The summed E-state index contributed by atoms with van der Waals surface area (Å²) in [5.74, 6) is 0. The zero-order valence-corrected chi connectivity index (χ0v) is 15.1. The molecule has 3 aromatic rings. The standard InChI is InChI=1S/C23H27N/c1-16(2)24(3)15-17-8-9-19-11-12-21-20-7-5-4-6-18(20)10-13-22(21)23(19)14-17/h8-14,16H,4-7,15H2,1-3H3. The van der Waals surface area contributed by atoms with Gasteiger partial charge in [0.2, 0.25) is 0 Å². The Morgan fingerprint density at radius 1 is 0.875 bits per heavy atom. The number of aryl methyl sites for hydroxylation is 2. The van der Waals surface area contributed by atoms with E-state index < -0.39 is 0 Å². The first-order valence-electron chi connectivity index (χ1n) is 9.30. The Hall–Kier alpha value is -1.86. The number of hydrogen-bond donors (Lipinski definition) is 0. The second kappa shape index (κ2) is 6.22. The van der Waals surface area contributed by atoms with Crippen LogP contribution in [-0.4, -0.2) is 18.0 Å². The molecule has 0 spiro atoms. The van der Waals surface area contributed by atoms with Gasteiger partial charge in [-0.2, -0.15) is 0 Å². The summed E-state index contributed by atoms with van der Waals surface area (Å²) in [5, 5.41) is 5.68. The molecular formula is C23H27N. The zero-order valence-electron chi connectivity index (χ0n) is 15.1. The fraction of sp³-hybridized carbons (Fsp3) is 0.391. The molecule has 0 bridgehead atoms. The number of nitrogens with zero attached hydrogens (tertiary/aromatic N) is 1. The SMILES string of the molecule is CC(C)N(C)Cc1ccc2ccc3c4c(ccc3c2c1)CCCC4. The minimum absolute atomic E-state index is 0.570. The summed E-state index contributed by atoms with van der Waals surface area (Å²) in [6.45, 7) is 5.51. The maximum Gasteiger partial charge on any atom is 0.0233 e. The molecule has 1 heteroatoms. The van der Waals surface area contributed by atoms with Crippen molar-refractivity contribution < 1.29 is 0 Å². The minimum atomic E-state index is 0.570. The Morgan fingerprint density at radius 3 is 2.46 bits per heavy atom. The Balaban J connectivity index is 1.86. The van der Waals surface area contributed by atoms with Crippen molar-refractivity contribution in [1.29, 1.82) is 0 Å². The van der Waals surface area contributed by atoms with Crippen molar-refractivity contribution in [1.82, 2.24) is 4.90 Å². The second-order valence-electron chi connectivity index (χ2n) is 7.64. The highest BCUT2D eigenvalue weighted by molar-refractivity contribution is 6.09. The fourth-order valence-electron chi connectivity index (χ4n) is 4.01. The highest BCUT2D eigenvalue weighted by Gasteiger charge is 2.14. The van der Waals surface area contributed by atoms with Gasteiger partial charge in [0.15, 0.2) is 0 Å². The molecule has 0 N–H and O–H groups in total. The number of hydrogen-bond acceptors (Lipinski definition) is 1. The maximum atomic E-state index is 2.41. The normalized spacial score (nSPS) is 14.7. The third kappa shape index (κ3) is 2.71. The average molecular weight is 317 g/mol. The summed E-state index contributed by atoms with van der Waals surface area (Å²) >= 11 is 0. The van der Waals surface area contributed by atoms with Crippen LogP contribution in [0.5, 0.6) is 0 Å². The molecule has 0 saturated carbocycles. The second-order valence-corrected chi connectivity index (χ2v) is 7.64. The van der Waals surface area contributed by atoms with Crippen molar-refractivity contribution >= 4 is 21.5 Å². The van der Waals surface area contributed by atoms with E-state index in [1.54, 1.807) is 11.1 Å². The Bertz CT molecular complexity index is 891. The lowest BCUT2D eigenvalue weighted by atomic mass is 9.86. The summed E-state index contributed by atoms with van der Waals surface area (Å²) in [7, 11) is 2.20. The van der Waals surface area contributed by atoms with Crippen LogP contribution in [0.2, 0.25) is 0 Å². The van der Waals surface area contributed by atoms with E-state index in [0.29, 0.717) is 6.04 Å². The van der Waals surface area contributed by atoms with E-state index in [9.17, 15) is 0 Å². The lowest BCUT2D eigenvalue weighted by Gasteiger charge is -2.22. The van der Waals surface area contributed by atoms with Crippen LogP contribution in [0, 0.1) is 0 Å². The molecule has 4 rings (SSSR count). The Labute approximate surface area is 145 Å². The van der Waals surface area contributed by atoms with Crippen molar-refractivity contribution in [3.05, 3.63) is 59.2 Å². The van der Waals surface area contributed by atoms with Crippen LogP contribution in [0.1, 0.15) is 43.4 Å². The van der Waals surface area contributed by atoms with Gasteiger partial charge in [-0.15, -0.1) is 0 Å². The molecule has 0 amide bonds. The molecule has 0 aromatic heterocycles. The lowest BCUT2D eigenvalue weighted by molar-refractivity contribution is 0.266. The van der Waals surface area contributed by atoms with Gasteiger partial charge in [-0.05, 0) is 90.9 Å². The molecule has 0 atom stereocenters. The van der Waals surface area contributed by atoms with Gasteiger partial charge in [-0.1, -0.05) is 36.4 Å². The molecule has 24 heavy (non-hydrogen) atoms. The van der Waals surface area contributed by atoms with Gasteiger partial charge in [0.1, 0.15) is 0 Å². The van der Waals surface area contributed by atoms with Crippen molar-refractivity contribution in [2.75, 3.05) is 7.05 Å². The van der Waals surface area contributed by atoms with Crippen molar-refractivity contribution in [2.45, 2.75) is 52.1 Å². The Morgan fingerprint density at radius 2 is 1.62 bits per heavy atom. The highest BCUT2D eigenvalue weighted by Crippen LogP contribution is 2.33. The monoisotopic (exact) mass is 317 g/mol. The maximum absolute atomic E-state index is 2.41. The fourth-order valence-corrected chi connectivity index (χ4v) is 4.01. The molecule has 0 unspecified atom stereocenters. The van der Waals surface area contributed by atoms with Gasteiger partial charge in [0, 0.05) is 12.6 Å². The van der Waals surface area contributed by atoms with Gasteiger partial charge in [-0.25, -0.2) is 0 Å². The van der Waals surface area contributed by atoms with Crippen LogP contribution in [0.4, 0.5) is 0 Å². The summed E-state index contributed by atoms with van der Waals surface area (Å²) in [4.78, 5) is 2.40. The van der Waals surface area contributed by atoms with Gasteiger partial charge in [0.05, 0.1) is 0 Å². The predicted octanol–water partition coefficient (Wildman–Crippen LogP) is 5.71. The molecule has 0 saturated heterocycles. The first kappa shape index (κ1) is 15.7. The summed E-state index contributed by atoms with van der Waals surface area (Å²) in [5.41, 5.74) is 4.58. The molecule has 3 aromatic carbocycles. The third-order valence-electron chi connectivity index (χ3n) is 5.73. The van der Waals surface area contributed by atoms with Crippen LogP contribution >= 0.6 is 0 Å². The van der Waals surface area contributed by atoms with Crippen LogP contribution in [0.25, 0.3) is 21.5 Å². The van der Waals surface area contributed by atoms with E-state index in [0.717, 1.165) is 6.54 Å². The molecular weight excluding hydrogens is 290 g/mol. The number of fused-ring (bicyclic) bond motifs is 5. The van der Waals surface area contributed by atoms with E-state index >= 15 is 0 Å². The Kier molecular flexibility index (Phi) is 4.05. The first-order chi connectivity index (χ1) is 11.6. The topological polar surface area (TPSA) is 3.24 Å². The molecule has 0 heterocycles. The minimum Gasteiger partial charge on any atom is -0.300 e. The van der Waals surface area contributed by atoms with Gasteiger partial charge in [-0.3, -0.25) is 4.90 Å². The largest absolute Gasteiger partial charge is 0.300 e. The molecule has 0 fully saturated rings. The first-order valence-corrected chi connectivity index (χ1v) is 9.30. The summed E-state index contributed by atoms with van der Waals surface area (Å²) < 4.78 is 0. The van der Waals surface area contributed by atoms with Gasteiger partial charge >= 0.3 is 0 Å². The van der Waals surface area contributed by atoms with Crippen LogP contribution in [-0.2, 0) is 19.4 Å². The number of rotatable bonds is 3. The molecule has 1 nitrogen and oxygen atoms in total. The van der Waals surface area contributed by atoms with Crippen molar-refractivity contribution in [3.8, 4) is 0 Å². The molecule has 1 aliphatic rings. The molecule has 0 aliphatic heterocycles. The van der Waals surface area contributed by atoms with Crippen LogP contribution < -0.4 is 0 Å². The van der Waals surface area contributed by atoms with Crippen LogP contribution in [0.3, 0.4) is 0 Å². The van der Waals surface area contributed by atoms with Crippen LogP contribution in [0.15, 0.2) is 42.5 Å². The van der Waals surface area contributed by atoms with Gasteiger partial charge in [0.25, 0.3) is 0 Å². The smallest absolute Gasteiger partial charge is 0.0233 e.